The van der Waals surface area contributed by atoms with Crippen molar-refractivity contribution in [2.45, 2.75) is 32.5 Å². The van der Waals surface area contributed by atoms with Gasteiger partial charge in [-0.3, -0.25) is 0 Å². The molecule has 1 aromatic carbocycles. The molecule has 0 spiro atoms. The molecule has 2 heterocycles. The van der Waals surface area contributed by atoms with E-state index in [4.69, 9.17) is 9.47 Å². The van der Waals surface area contributed by atoms with E-state index in [2.05, 4.69) is 0 Å². The predicted molar refractivity (Wildman–Crippen MR) is 79.9 cm³/mol. The fourth-order valence-corrected chi connectivity index (χ4v) is 3.36. The van der Waals surface area contributed by atoms with E-state index < -0.39 is 6.10 Å². The van der Waals surface area contributed by atoms with Crippen LogP contribution in [0.1, 0.15) is 34.6 Å². The Bertz CT molecular complexity index is 633. The number of hydrogen-bond donors (Lipinski definition) is 1. The topological polar surface area (TPSA) is 38.7 Å². The smallest absolute Gasteiger partial charge is 0.125 e. The Morgan fingerprint density at radius 3 is 2.85 bits per heavy atom. The fraction of sp³-hybridized carbons (Fsp3) is 0.375. The maximum atomic E-state index is 10.6. The van der Waals surface area contributed by atoms with Crippen molar-refractivity contribution >= 4 is 11.3 Å². The van der Waals surface area contributed by atoms with Crippen molar-refractivity contribution in [1.29, 1.82) is 0 Å². The second kappa shape index (κ2) is 5.11. The van der Waals surface area contributed by atoms with E-state index in [1.165, 1.54) is 4.88 Å². The van der Waals surface area contributed by atoms with Crippen molar-refractivity contribution in [3.63, 3.8) is 0 Å². The minimum atomic E-state index is -0.681. The van der Waals surface area contributed by atoms with Gasteiger partial charge in [-0.2, -0.15) is 0 Å². The number of thiophene rings is 1. The standard InChI is InChI=1S/C16H18O3S/c1-9-4-11-6-15(18-3)13(7-14(11)19-9)16(17)12-5-10(2)20-8-12/h5-9,16-17H,4H2,1-3H3. The molecule has 106 valence electrons. The summed E-state index contributed by atoms with van der Waals surface area (Å²) in [6, 6.07) is 5.90. The van der Waals surface area contributed by atoms with Gasteiger partial charge in [0.25, 0.3) is 0 Å². The molecule has 0 aliphatic carbocycles. The van der Waals surface area contributed by atoms with Crippen molar-refractivity contribution < 1.29 is 14.6 Å². The summed E-state index contributed by atoms with van der Waals surface area (Å²) in [5.41, 5.74) is 2.81. The number of rotatable bonds is 3. The SMILES string of the molecule is COc1cc2c(cc1C(O)c1csc(C)c1)OC(C)C2. The van der Waals surface area contributed by atoms with Crippen molar-refractivity contribution in [2.75, 3.05) is 7.11 Å². The van der Waals surface area contributed by atoms with E-state index in [-0.39, 0.29) is 6.10 Å². The van der Waals surface area contributed by atoms with Gasteiger partial charge in [-0.25, -0.2) is 0 Å². The summed E-state index contributed by atoms with van der Waals surface area (Å²) in [5, 5.41) is 12.6. The molecule has 0 saturated carbocycles. The summed E-state index contributed by atoms with van der Waals surface area (Å²) in [6.07, 6.45) is 0.393. The average Bonchev–Trinajstić information content (AvgIpc) is 3.00. The van der Waals surface area contributed by atoms with Crippen molar-refractivity contribution in [3.05, 3.63) is 45.1 Å². The van der Waals surface area contributed by atoms with E-state index in [1.807, 2.05) is 37.4 Å². The van der Waals surface area contributed by atoms with Crippen molar-refractivity contribution in [3.8, 4) is 11.5 Å². The number of hydrogen-bond acceptors (Lipinski definition) is 4. The van der Waals surface area contributed by atoms with Gasteiger partial charge < -0.3 is 14.6 Å². The largest absolute Gasteiger partial charge is 0.496 e. The third-order valence-electron chi connectivity index (χ3n) is 3.61. The minimum absolute atomic E-state index is 0.186. The molecule has 0 saturated heterocycles. The zero-order valence-electron chi connectivity index (χ0n) is 11.8. The van der Waals surface area contributed by atoms with E-state index >= 15 is 0 Å². The first kappa shape index (κ1) is 13.5. The average molecular weight is 290 g/mol. The zero-order valence-corrected chi connectivity index (χ0v) is 12.7. The van der Waals surface area contributed by atoms with E-state index in [9.17, 15) is 5.11 Å². The molecule has 0 bridgehead atoms. The number of aliphatic hydroxyl groups is 1. The summed E-state index contributed by atoms with van der Waals surface area (Å²) < 4.78 is 11.2. The molecule has 0 amide bonds. The monoisotopic (exact) mass is 290 g/mol. The molecule has 3 rings (SSSR count). The van der Waals surface area contributed by atoms with Crippen LogP contribution in [0.3, 0.4) is 0 Å². The van der Waals surface area contributed by atoms with Crippen LogP contribution in [0.5, 0.6) is 11.5 Å². The van der Waals surface area contributed by atoms with E-state index in [0.717, 1.165) is 34.6 Å². The molecule has 20 heavy (non-hydrogen) atoms. The predicted octanol–water partition coefficient (Wildman–Crippen LogP) is 3.47. The van der Waals surface area contributed by atoms with Gasteiger partial charge in [0.15, 0.2) is 0 Å². The third-order valence-corrected chi connectivity index (χ3v) is 4.49. The lowest BCUT2D eigenvalue weighted by molar-refractivity contribution is 0.213. The molecule has 0 radical (unpaired) electrons. The Balaban J connectivity index is 2.02. The first-order chi connectivity index (χ1) is 9.58. The van der Waals surface area contributed by atoms with Gasteiger partial charge in [0.2, 0.25) is 0 Å². The number of aliphatic hydroxyl groups excluding tert-OH is 1. The maximum absolute atomic E-state index is 10.6. The molecule has 0 fully saturated rings. The highest BCUT2D eigenvalue weighted by Gasteiger charge is 2.25. The van der Waals surface area contributed by atoms with Crippen LogP contribution in [-0.2, 0) is 6.42 Å². The third kappa shape index (κ3) is 2.30. The Labute approximate surface area is 122 Å². The highest BCUT2D eigenvalue weighted by Crippen LogP contribution is 2.39. The molecule has 2 unspecified atom stereocenters. The lowest BCUT2D eigenvalue weighted by Crippen LogP contribution is -2.05. The molecule has 3 nitrogen and oxygen atoms in total. The van der Waals surface area contributed by atoms with Gasteiger partial charge in [-0.15, -0.1) is 11.3 Å². The zero-order chi connectivity index (χ0) is 14.3. The highest BCUT2D eigenvalue weighted by molar-refractivity contribution is 7.10. The molecule has 1 aliphatic rings. The lowest BCUT2D eigenvalue weighted by atomic mass is 9.99. The second-order valence-corrected chi connectivity index (χ2v) is 6.34. The van der Waals surface area contributed by atoms with E-state index in [0.29, 0.717) is 0 Å². The number of methoxy groups -OCH3 is 1. The Kier molecular flexibility index (Phi) is 3.44. The van der Waals surface area contributed by atoms with Crippen LogP contribution in [0.15, 0.2) is 23.6 Å². The summed E-state index contributed by atoms with van der Waals surface area (Å²) in [4.78, 5) is 1.18. The number of ether oxygens (including phenoxy) is 2. The quantitative estimate of drug-likeness (QED) is 0.940. The Morgan fingerprint density at radius 1 is 1.40 bits per heavy atom. The molecule has 1 N–H and O–H groups in total. The minimum Gasteiger partial charge on any atom is -0.496 e. The molecule has 1 aliphatic heterocycles. The van der Waals surface area contributed by atoms with Crippen LogP contribution in [0.25, 0.3) is 0 Å². The summed E-state index contributed by atoms with van der Waals surface area (Å²) in [5.74, 6) is 1.58. The van der Waals surface area contributed by atoms with Crippen molar-refractivity contribution in [1.82, 2.24) is 0 Å². The van der Waals surface area contributed by atoms with Crippen LogP contribution < -0.4 is 9.47 Å². The van der Waals surface area contributed by atoms with E-state index in [1.54, 1.807) is 18.4 Å². The van der Waals surface area contributed by atoms with Crippen LogP contribution in [0.4, 0.5) is 0 Å². The van der Waals surface area contributed by atoms with Crippen molar-refractivity contribution in [2.24, 2.45) is 0 Å². The summed E-state index contributed by atoms with van der Waals surface area (Å²) in [7, 11) is 1.63. The molecule has 4 heteroatoms. The number of benzene rings is 1. The normalized spacial score (nSPS) is 18.5. The van der Waals surface area contributed by atoms with Gasteiger partial charge >= 0.3 is 0 Å². The maximum Gasteiger partial charge on any atom is 0.125 e. The number of fused-ring (bicyclic) bond motifs is 1. The highest BCUT2D eigenvalue weighted by atomic mass is 32.1. The fourth-order valence-electron chi connectivity index (χ4n) is 2.63. The van der Waals surface area contributed by atoms with Crippen LogP contribution in [0.2, 0.25) is 0 Å². The first-order valence-corrected chi connectivity index (χ1v) is 7.57. The molecule has 2 aromatic rings. The first-order valence-electron chi connectivity index (χ1n) is 6.69. The molecule has 1 aromatic heterocycles. The second-order valence-electron chi connectivity index (χ2n) is 5.23. The van der Waals surface area contributed by atoms with Crippen LogP contribution in [0, 0.1) is 6.92 Å². The molecular formula is C16H18O3S. The van der Waals surface area contributed by atoms with Crippen LogP contribution in [-0.4, -0.2) is 18.3 Å². The van der Waals surface area contributed by atoms with Crippen LogP contribution >= 0.6 is 11.3 Å². The summed E-state index contributed by atoms with van der Waals surface area (Å²) >= 11 is 1.63. The number of aryl methyl sites for hydroxylation is 1. The lowest BCUT2D eigenvalue weighted by Gasteiger charge is -2.15. The Morgan fingerprint density at radius 2 is 2.20 bits per heavy atom. The summed E-state index contributed by atoms with van der Waals surface area (Å²) in [6.45, 7) is 4.08. The van der Waals surface area contributed by atoms with Gasteiger partial charge in [0.1, 0.15) is 23.7 Å². The molecular weight excluding hydrogens is 272 g/mol. The van der Waals surface area contributed by atoms with Gasteiger partial charge in [-0.05, 0) is 43.0 Å². The van der Waals surface area contributed by atoms with Gasteiger partial charge in [0.05, 0.1) is 7.11 Å². The Hall–Kier alpha value is -1.52. The van der Waals surface area contributed by atoms with Gasteiger partial charge in [-0.1, -0.05) is 0 Å². The molecule has 2 atom stereocenters. The van der Waals surface area contributed by atoms with Gasteiger partial charge in [0, 0.05) is 22.4 Å².